The van der Waals surface area contributed by atoms with Gasteiger partial charge in [0, 0.05) is 6.07 Å². The number of nitrogens with zero attached hydrogens (tertiary/aromatic N) is 2. The molecule has 1 rings (SSSR count). The number of aromatic nitrogens is 1. The van der Waals surface area contributed by atoms with Gasteiger partial charge in [0.25, 0.3) is 0 Å². The first-order valence-electron chi connectivity index (χ1n) is 2.95. The summed E-state index contributed by atoms with van der Waals surface area (Å²) in [6.07, 6.45) is 1.15. The molecule has 14 heavy (non-hydrogen) atoms. The Morgan fingerprint density at radius 1 is 1.57 bits per heavy atom. The van der Waals surface area contributed by atoms with Crippen molar-refractivity contribution in [1.82, 2.24) is 4.98 Å². The normalized spacial score (nSPS) is 8.14. The average Bonchev–Trinajstić information content (AvgIpc) is 2.04. The van der Waals surface area contributed by atoms with Gasteiger partial charge in [-0.15, -0.1) is 0 Å². The Hall–Kier alpha value is -0.644. The SMILES string of the molecule is N#Cc1c[c-]cnc1OC(F)F.[Cl-].[Mg+2]. The van der Waals surface area contributed by atoms with Crippen molar-refractivity contribution in [3.05, 3.63) is 23.9 Å². The molecule has 0 fully saturated rings. The topological polar surface area (TPSA) is 45.9 Å². The summed E-state index contributed by atoms with van der Waals surface area (Å²) in [5.74, 6) is -0.369. The first-order chi connectivity index (χ1) is 5.74. The van der Waals surface area contributed by atoms with Crippen molar-refractivity contribution in [1.29, 1.82) is 5.26 Å². The molecule has 0 aliphatic carbocycles. The van der Waals surface area contributed by atoms with E-state index in [2.05, 4.69) is 15.8 Å². The van der Waals surface area contributed by atoms with Crippen LogP contribution in [0, 0.1) is 17.4 Å². The molecule has 0 atom stereocenters. The molecule has 0 aliphatic heterocycles. The van der Waals surface area contributed by atoms with E-state index in [1.807, 2.05) is 0 Å². The summed E-state index contributed by atoms with van der Waals surface area (Å²) >= 11 is 0. The van der Waals surface area contributed by atoms with Gasteiger partial charge in [-0.2, -0.15) is 8.78 Å². The zero-order chi connectivity index (χ0) is 8.97. The maximum absolute atomic E-state index is 11.7. The third-order valence-electron chi connectivity index (χ3n) is 1.04. The Kier molecular flexibility index (Phi) is 8.73. The van der Waals surface area contributed by atoms with Crippen LogP contribution in [0.2, 0.25) is 0 Å². The summed E-state index contributed by atoms with van der Waals surface area (Å²) in [4.78, 5) is 3.41. The van der Waals surface area contributed by atoms with Gasteiger partial charge in [0.1, 0.15) is 5.88 Å². The zero-order valence-electron chi connectivity index (χ0n) is 6.88. The van der Waals surface area contributed by atoms with Gasteiger partial charge >= 0.3 is 29.7 Å². The maximum Gasteiger partial charge on any atom is 2.00 e. The van der Waals surface area contributed by atoms with Crippen LogP contribution < -0.4 is 17.1 Å². The van der Waals surface area contributed by atoms with Crippen LogP contribution in [-0.2, 0) is 0 Å². The summed E-state index contributed by atoms with van der Waals surface area (Å²) in [5, 5.41) is 8.40. The van der Waals surface area contributed by atoms with E-state index in [9.17, 15) is 8.78 Å². The quantitative estimate of drug-likeness (QED) is 0.434. The van der Waals surface area contributed by atoms with Crippen LogP contribution in [0.5, 0.6) is 5.88 Å². The largest absolute Gasteiger partial charge is 2.00 e. The second-order valence-corrected chi connectivity index (χ2v) is 1.78. The Labute approximate surface area is 102 Å². The van der Waals surface area contributed by atoms with E-state index in [1.54, 1.807) is 6.07 Å². The molecule has 0 radical (unpaired) electrons. The summed E-state index contributed by atoms with van der Waals surface area (Å²) in [6, 6.07) is 5.34. The molecule has 0 bridgehead atoms. The van der Waals surface area contributed by atoms with Crippen molar-refractivity contribution in [3.8, 4) is 11.9 Å². The molecule has 0 aromatic carbocycles. The maximum atomic E-state index is 11.7. The molecular formula is C7H3ClF2MgN2O. The fraction of sp³-hybridized carbons (Fsp3) is 0.143. The molecule has 1 heterocycles. The summed E-state index contributed by atoms with van der Waals surface area (Å²) in [5.41, 5.74) is -0.0576. The van der Waals surface area contributed by atoms with Gasteiger partial charge in [0.15, 0.2) is 0 Å². The molecule has 1 aromatic heterocycles. The van der Waals surface area contributed by atoms with Crippen LogP contribution in [0.4, 0.5) is 8.78 Å². The van der Waals surface area contributed by atoms with Gasteiger partial charge in [-0.1, -0.05) is 6.20 Å². The Morgan fingerprint density at radius 3 is 2.71 bits per heavy atom. The number of alkyl halides is 2. The molecule has 70 valence electrons. The zero-order valence-corrected chi connectivity index (χ0v) is 9.05. The fourth-order valence-electron chi connectivity index (χ4n) is 0.606. The van der Waals surface area contributed by atoms with Gasteiger partial charge in [-0.25, -0.2) is 17.4 Å². The molecule has 0 unspecified atom stereocenters. The van der Waals surface area contributed by atoms with E-state index >= 15 is 0 Å². The van der Waals surface area contributed by atoms with Crippen molar-refractivity contribution >= 4 is 23.1 Å². The van der Waals surface area contributed by atoms with Crippen LogP contribution in [0.15, 0.2) is 12.3 Å². The smallest absolute Gasteiger partial charge is 1.00 e. The Bertz CT molecular complexity index is 319. The van der Waals surface area contributed by atoms with Crippen molar-refractivity contribution < 1.29 is 25.9 Å². The van der Waals surface area contributed by atoms with E-state index in [1.165, 1.54) is 6.07 Å². The Morgan fingerprint density at radius 2 is 2.21 bits per heavy atom. The molecule has 0 spiro atoms. The predicted octanol–water partition coefficient (Wildman–Crippen LogP) is -2.02. The monoisotopic (exact) mass is 228 g/mol. The van der Waals surface area contributed by atoms with Crippen LogP contribution >= 0.6 is 0 Å². The van der Waals surface area contributed by atoms with Gasteiger partial charge in [-0.3, -0.25) is 4.98 Å². The predicted molar refractivity (Wildman–Crippen MR) is 40.2 cm³/mol. The second-order valence-electron chi connectivity index (χ2n) is 1.78. The molecule has 3 nitrogen and oxygen atoms in total. The van der Waals surface area contributed by atoms with E-state index in [0.29, 0.717) is 0 Å². The number of nitriles is 1. The molecule has 0 amide bonds. The standard InChI is InChI=1S/C7H3F2N2O.ClH.Mg/c8-7(9)12-6-5(4-10)2-1-3-11-6;;/h2-3,7H;1H;/q-1;;+2/p-1. The van der Waals surface area contributed by atoms with Gasteiger partial charge in [0.05, 0.1) is 0 Å². The molecule has 1 aromatic rings. The van der Waals surface area contributed by atoms with Gasteiger partial charge < -0.3 is 17.1 Å². The third-order valence-corrected chi connectivity index (χ3v) is 1.04. The minimum Gasteiger partial charge on any atom is -1.00 e. The molecule has 7 heteroatoms. The van der Waals surface area contributed by atoms with Gasteiger partial charge in [-0.05, 0) is 5.56 Å². The minimum absolute atomic E-state index is 0. The van der Waals surface area contributed by atoms with Crippen LogP contribution in [0.1, 0.15) is 5.56 Å². The fourth-order valence-corrected chi connectivity index (χ4v) is 0.606. The molecule has 0 N–H and O–H groups in total. The number of halogens is 3. The van der Waals surface area contributed by atoms with Crippen molar-refractivity contribution in [2.45, 2.75) is 6.61 Å². The molecule has 0 saturated heterocycles. The molecule has 0 aliphatic rings. The van der Waals surface area contributed by atoms with E-state index in [0.717, 1.165) is 6.20 Å². The van der Waals surface area contributed by atoms with Crippen molar-refractivity contribution in [2.24, 2.45) is 0 Å². The van der Waals surface area contributed by atoms with E-state index in [-0.39, 0.29) is 46.9 Å². The number of hydrogen-bond acceptors (Lipinski definition) is 3. The number of rotatable bonds is 2. The number of pyridine rings is 1. The molecule has 0 saturated carbocycles. The summed E-state index contributed by atoms with van der Waals surface area (Å²) in [6.45, 7) is -2.97. The minimum atomic E-state index is -2.97. The summed E-state index contributed by atoms with van der Waals surface area (Å²) in [7, 11) is 0. The first kappa shape index (κ1) is 15.8. The number of ether oxygens (including phenoxy) is 1. The van der Waals surface area contributed by atoms with Crippen LogP contribution in [-0.4, -0.2) is 34.6 Å². The molecular weight excluding hydrogens is 226 g/mol. The van der Waals surface area contributed by atoms with Crippen molar-refractivity contribution in [3.63, 3.8) is 0 Å². The van der Waals surface area contributed by atoms with Crippen LogP contribution in [0.3, 0.4) is 0 Å². The van der Waals surface area contributed by atoms with Crippen molar-refractivity contribution in [2.75, 3.05) is 0 Å². The second kappa shape index (κ2) is 7.73. The van der Waals surface area contributed by atoms with Crippen LogP contribution in [0.25, 0.3) is 0 Å². The first-order valence-corrected chi connectivity index (χ1v) is 2.95. The van der Waals surface area contributed by atoms with Gasteiger partial charge in [0.2, 0.25) is 0 Å². The van der Waals surface area contributed by atoms with E-state index in [4.69, 9.17) is 5.26 Å². The Balaban J connectivity index is 0. The van der Waals surface area contributed by atoms with E-state index < -0.39 is 6.61 Å². The summed E-state index contributed by atoms with van der Waals surface area (Å²) < 4.78 is 27.3. The average molecular weight is 229 g/mol. The number of hydrogen-bond donors (Lipinski definition) is 0. The third kappa shape index (κ3) is 4.55.